The first-order valence-corrected chi connectivity index (χ1v) is 6.15. The number of carbonyl (C=O) groups is 1. The summed E-state index contributed by atoms with van der Waals surface area (Å²) in [7, 11) is 0. The maximum absolute atomic E-state index is 11.3. The van der Waals surface area contributed by atoms with Gasteiger partial charge in [0.1, 0.15) is 0 Å². The number of ether oxygens (including phenoxy) is 1. The van der Waals surface area contributed by atoms with E-state index in [0.717, 1.165) is 0 Å². The first-order valence-electron chi connectivity index (χ1n) is 6.15. The van der Waals surface area contributed by atoms with Crippen LogP contribution in [0, 0.1) is 10.8 Å². The summed E-state index contributed by atoms with van der Waals surface area (Å²) < 4.78 is 4.94. The Bertz CT molecular complexity index is 257. The molecule has 1 fully saturated rings. The van der Waals surface area contributed by atoms with Gasteiger partial charge in [0.2, 0.25) is 0 Å². The minimum Gasteiger partial charge on any atom is -0.466 e. The predicted octanol–water partition coefficient (Wildman–Crippen LogP) is 2.35. The zero-order valence-electron chi connectivity index (χ0n) is 11.4. The molecule has 0 spiro atoms. The van der Waals surface area contributed by atoms with E-state index in [9.17, 15) is 4.79 Å². The molecule has 0 heterocycles. The van der Waals surface area contributed by atoms with E-state index in [2.05, 4.69) is 33.0 Å². The summed E-state index contributed by atoms with van der Waals surface area (Å²) in [6.45, 7) is 13.4. The molecule has 0 bridgehead atoms. The first-order chi connectivity index (χ1) is 7.23. The molecule has 1 saturated carbocycles. The minimum absolute atomic E-state index is 0.112. The molecule has 1 aliphatic carbocycles. The molecule has 1 aliphatic rings. The number of hydrogen-bond acceptors (Lipinski definition) is 3. The fourth-order valence-electron chi connectivity index (χ4n) is 2.43. The van der Waals surface area contributed by atoms with Crippen molar-refractivity contribution >= 4 is 5.97 Å². The molecule has 1 N–H and O–H groups in total. The van der Waals surface area contributed by atoms with Crippen LogP contribution >= 0.6 is 0 Å². The van der Waals surface area contributed by atoms with Gasteiger partial charge in [0.25, 0.3) is 0 Å². The average Bonchev–Trinajstić information content (AvgIpc) is 2.48. The van der Waals surface area contributed by atoms with Crippen LogP contribution in [0.15, 0.2) is 0 Å². The summed E-state index contributed by atoms with van der Waals surface area (Å²) in [4.78, 5) is 11.3. The Morgan fingerprint density at radius 1 is 1.31 bits per heavy atom. The van der Waals surface area contributed by atoms with Crippen molar-refractivity contribution in [3.8, 4) is 0 Å². The lowest BCUT2D eigenvalue weighted by molar-refractivity contribution is -0.143. The lowest BCUT2D eigenvalue weighted by Gasteiger charge is -2.14. The van der Waals surface area contributed by atoms with Crippen molar-refractivity contribution in [3.05, 3.63) is 0 Å². The molecule has 1 unspecified atom stereocenters. The number of esters is 1. The van der Waals surface area contributed by atoms with Crippen LogP contribution < -0.4 is 5.32 Å². The number of carbonyl (C=O) groups excluding carboxylic acids is 1. The van der Waals surface area contributed by atoms with Gasteiger partial charge in [-0.2, -0.15) is 0 Å². The predicted molar refractivity (Wildman–Crippen MR) is 65.2 cm³/mol. The zero-order valence-corrected chi connectivity index (χ0v) is 11.4. The zero-order chi connectivity index (χ0) is 12.6. The second-order valence-electron chi connectivity index (χ2n) is 5.95. The van der Waals surface area contributed by atoms with E-state index in [1.165, 1.54) is 0 Å². The van der Waals surface area contributed by atoms with Crippen LogP contribution in [-0.4, -0.2) is 24.7 Å². The van der Waals surface area contributed by atoms with Crippen molar-refractivity contribution in [3.63, 3.8) is 0 Å². The van der Waals surface area contributed by atoms with Gasteiger partial charge in [0, 0.05) is 12.1 Å². The number of rotatable bonds is 5. The molecule has 0 amide bonds. The monoisotopic (exact) mass is 227 g/mol. The van der Waals surface area contributed by atoms with Gasteiger partial charge >= 0.3 is 5.97 Å². The van der Waals surface area contributed by atoms with Crippen LogP contribution in [0.2, 0.25) is 0 Å². The van der Waals surface area contributed by atoms with Crippen molar-refractivity contribution in [2.24, 2.45) is 10.8 Å². The Balaban J connectivity index is 2.37. The molecule has 0 saturated heterocycles. The molecular weight excluding hydrogens is 202 g/mol. The lowest BCUT2D eigenvalue weighted by Crippen LogP contribution is -2.34. The minimum atomic E-state index is -0.112. The maximum Gasteiger partial charge on any atom is 0.307 e. The fourth-order valence-corrected chi connectivity index (χ4v) is 2.43. The highest BCUT2D eigenvalue weighted by Crippen LogP contribution is 2.62. The molecule has 0 aromatic carbocycles. The van der Waals surface area contributed by atoms with Crippen molar-refractivity contribution in [1.82, 2.24) is 5.32 Å². The van der Waals surface area contributed by atoms with E-state index in [1.807, 2.05) is 13.8 Å². The molecule has 3 nitrogen and oxygen atoms in total. The topological polar surface area (TPSA) is 38.3 Å². The van der Waals surface area contributed by atoms with Gasteiger partial charge in [-0.1, -0.05) is 27.7 Å². The van der Waals surface area contributed by atoms with E-state index >= 15 is 0 Å². The second kappa shape index (κ2) is 4.36. The Morgan fingerprint density at radius 2 is 1.81 bits per heavy atom. The fraction of sp³-hybridized carbons (Fsp3) is 0.923. The van der Waals surface area contributed by atoms with Gasteiger partial charge in [0.05, 0.1) is 13.0 Å². The maximum atomic E-state index is 11.3. The Hall–Kier alpha value is -0.570. The van der Waals surface area contributed by atoms with Crippen molar-refractivity contribution in [2.45, 2.75) is 60.0 Å². The van der Waals surface area contributed by atoms with Crippen molar-refractivity contribution in [2.75, 3.05) is 6.61 Å². The van der Waals surface area contributed by atoms with Crippen LogP contribution in [0.3, 0.4) is 0 Å². The molecule has 0 radical (unpaired) electrons. The van der Waals surface area contributed by atoms with Crippen LogP contribution in [-0.2, 0) is 9.53 Å². The third kappa shape index (κ3) is 2.40. The quantitative estimate of drug-likeness (QED) is 0.733. The van der Waals surface area contributed by atoms with Gasteiger partial charge < -0.3 is 10.1 Å². The average molecular weight is 227 g/mol. The second-order valence-corrected chi connectivity index (χ2v) is 5.95. The van der Waals surface area contributed by atoms with E-state index < -0.39 is 0 Å². The summed E-state index contributed by atoms with van der Waals surface area (Å²) >= 11 is 0. The van der Waals surface area contributed by atoms with Crippen molar-refractivity contribution < 1.29 is 9.53 Å². The van der Waals surface area contributed by atoms with Gasteiger partial charge in [0.15, 0.2) is 0 Å². The number of hydrogen-bond donors (Lipinski definition) is 1. The Kier molecular flexibility index (Phi) is 3.68. The molecule has 3 heteroatoms. The van der Waals surface area contributed by atoms with Crippen molar-refractivity contribution in [1.29, 1.82) is 0 Å². The van der Waals surface area contributed by atoms with Gasteiger partial charge in [-0.25, -0.2) is 0 Å². The highest BCUT2D eigenvalue weighted by atomic mass is 16.5. The van der Waals surface area contributed by atoms with Crippen LogP contribution in [0.5, 0.6) is 0 Å². The SMILES string of the molecule is CCOC(=O)CC(C)NC1C(C)(C)C1(C)C. The normalized spacial score (nSPS) is 23.9. The third-order valence-corrected chi connectivity index (χ3v) is 4.25. The molecular formula is C13H25NO2. The summed E-state index contributed by atoms with van der Waals surface area (Å²) in [5, 5.41) is 3.52. The van der Waals surface area contributed by atoms with Gasteiger partial charge in [-0.15, -0.1) is 0 Å². The Labute approximate surface area is 98.9 Å². The lowest BCUT2D eigenvalue weighted by atomic mass is 10.0. The van der Waals surface area contributed by atoms with E-state index in [1.54, 1.807) is 0 Å². The molecule has 0 aliphatic heterocycles. The van der Waals surface area contributed by atoms with E-state index in [-0.39, 0.29) is 12.0 Å². The van der Waals surface area contributed by atoms with Gasteiger partial charge in [-0.3, -0.25) is 4.79 Å². The molecule has 94 valence electrons. The molecule has 0 aromatic rings. The largest absolute Gasteiger partial charge is 0.466 e. The van der Waals surface area contributed by atoms with E-state index in [4.69, 9.17) is 4.74 Å². The smallest absolute Gasteiger partial charge is 0.307 e. The summed E-state index contributed by atoms with van der Waals surface area (Å²) in [5.74, 6) is -0.112. The van der Waals surface area contributed by atoms with Crippen LogP contribution in [0.25, 0.3) is 0 Å². The molecule has 0 aromatic heterocycles. The summed E-state index contributed by atoms with van der Waals surface area (Å²) in [5.41, 5.74) is 0.631. The van der Waals surface area contributed by atoms with Crippen LogP contribution in [0.4, 0.5) is 0 Å². The molecule has 1 rings (SSSR count). The highest BCUT2D eigenvalue weighted by Gasteiger charge is 2.64. The van der Waals surface area contributed by atoms with Crippen LogP contribution in [0.1, 0.15) is 48.0 Å². The molecule has 16 heavy (non-hydrogen) atoms. The highest BCUT2D eigenvalue weighted by molar-refractivity contribution is 5.70. The summed E-state index contributed by atoms with van der Waals surface area (Å²) in [6.07, 6.45) is 0.455. The standard InChI is InChI=1S/C13H25NO2/c1-7-16-10(15)8-9(2)14-11-12(3,4)13(11,5)6/h9,11,14H,7-8H2,1-6H3. The number of nitrogens with one attached hydrogen (secondary N) is 1. The Morgan fingerprint density at radius 3 is 2.19 bits per heavy atom. The molecule has 1 atom stereocenters. The summed E-state index contributed by atoms with van der Waals surface area (Å²) in [6, 6.07) is 0.675. The third-order valence-electron chi connectivity index (χ3n) is 4.25. The van der Waals surface area contributed by atoms with Gasteiger partial charge in [-0.05, 0) is 24.7 Å². The first kappa shape index (κ1) is 13.5. The van der Waals surface area contributed by atoms with E-state index in [0.29, 0.717) is 29.9 Å².